The number of para-hydroxylation sites is 1. The smallest absolute Gasteiger partial charge is 1.00 e. The van der Waals surface area contributed by atoms with E-state index >= 15 is 0 Å². The summed E-state index contributed by atoms with van der Waals surface area (Å²) in [5.41, 5.74) is 0.803. The second kappa shape index (κ2) is 12.3. The van der Waals surface area contributed by atoms with Crippen LogP contribution in [0, 0.1) is 0 Å². The van der Waals surface area contributed by atoms with E-state index in [0.717, 1.165) is 6.07 Å². The Kier molecular flexibility index (Phi) is 11.1. The zero-order chi connectivity index (χ0) is 21.0. The number of ether oxygens (including phenoxy) is 1. The van der Waals surface area contributed by atoms with Crippen LogP contribution in [0.3, 0.4) is 0 Å². The molecule has 0 fully saturated rings. The third-order valence-corrected chi connectivity index (χ3v) is 5.38. The molecule has 0 unspecified atom stereocenters. The number of fused-ring (bicyclic) bond motifs is 1. The van der Waals surface area contributed by atoms with Crippen molar-refractivity contribution in [3.8, 4) is 5.75 Å². The number of unbranched alkanes of at least 4 members (excludes halogenated alkanes) is 2. The molecule has 0 saturated heterocycles. The first-order valence-corrected chi connectivity index (χ1v) is 10.5. The molecule has 0 bridgehead atoms. The zero-order valence-corrected chi connectivity index (χ0v) is 22.2. The molecule has 0 radical (unpaired) electrons. The van der Waals surface area contributed by atoms with Crippen molar-refractivity contribution < 1.29 is 94.1 Å². The van der Waals surface area contributed by atoms with Crippen molar-refractivity contribution in [3.63, 3.8) is 0 Å². The Bertz CT molecular complexity index is 1050. The summed E-state index contributed by atoms with van der Waals surface area (Å²) in [4.78, 5) is 37.2. The van der Waals surface area contributed by atoms with Crippen molar-refractivity contribution in [1.82, 2.24) is 4.90 Å². The molecule has 0 spiro atoms. The van der Waals surface area contributed by atoms with E-state index in [0.29, 0.717) is 30.4 Å². The Balaban J connectivity index is 0. The topological polar surface area (TPSA) is 118 Å². The summed E-state index contributed by atoms with van der Waals surface area (Å²) in [6.07, 6.45) is 1.57. The number of hydrogen-bond donors (Lipinski definition) is 1. The fourth-order valence-electron chi connectivity index (χ4n) is 3.08. The van der Waals surface area contributed by atoms with Gasteiger partial charge in [-0.05, 0) is 37.1 Å². The van der Waals surface area contributed by atoms with Crippen LogP contribution in [0.25, 0.3) is 0 Å². The summed E-state index contributed by atoms with van der Waals surface area (Å²) in [6.45, 7) is 0.257. The van der Waals surface area contributed by atoms with E-state index in [4.69, 9.17) is 9.29 Å². The molecule has 1 aliphatic rings. The van der Waals surface area contributed by atoms with E-state index in [2.05, 4.69) is 0 Å². The normalized spacial score (nSPS) is 12.6. The van der Waals surface area contributed by atoms with Crippen molar-refractivity contribution >= 4 is 27.9 Å². The number of nitrogens with zero attached hydrogens (tertiary/aromatic N) is 1. The number of benzene rings is 2. The average molecular weight is 465 g/mol. The van der Waals surface area contributed by atoms with Crippen LogP contribution >= 0.6 is 0 Å². The fourth-order valence-corrected chi connectivity index (χ4v) is 3.69. The molecule has 8 nitrogen and oxygen atoms in total. The van der Waals surface area contributed by atoms with E-state index in [1.807, 2.05) is 0 Å². The Morgan fingerprint density at radius 1 is 0.903 bits per heavy atom. The number of rotatable bonds is 8. The molecule has 31 heavy (non-hydrogen) atoms. The molecule has 0 saturated carbocycles. The van der Waals surface area contributed by atoms with Gasteiger partial charge in [-0.15, -0.1) is 0 Å². The predicted molar refractivity (Wildman–Crippen MR) is 104 cm³/mol. The van der Waals surface area contributed by atoms with Crippen LogP contribution in [0.5, 0.6) is 5.75 Å². The first-order chi connectivity index (χ1) is 13.8. The molecule has 11 heteroatoms. The molecule has 0 aromatic heterocycles. The summed E-state index contributed by atoms with van der Waals surface area (Å²) in [6, 6.07) is 12.0. The molecule has 2 aromatic rings. The molecule has 3 rings (SSSR count). The maximum Gasteiger partial charge on any atom is 1.00 e. The van der Waals surface area contributed by atoms with Crippen molar-refractivity contribution in [2.75, 3.05) is 6.54 Å². The summed E-state index contributed by atoms with van der Waals surface area (Å²) in [5, 5.41) is 0. The van der Waals surface area contributed by atoms with Gasteiger partial charge in [0.15, 0.2) is 5.75 Å². The monoisotopic (exact) mass is 465 g/mol. The fraction of sp³-hybridized carbons (Fsp3) is 0.250. The van der Waals surface area contributed by atoms with Gasteiger partial charge in [0.05, 0.1) is 11.1 Å². The minimum Gasteiger partial charge on any atom is -1.00 e. The maximum atomic E-state index is 12.3. The van der Waals surface area contributed by atoms with Crippen molar-refractivity contribution in [1.29, 1.82) is 0 Å². The largest absolute Gasteiger partial charge is 1.00 e. The van der Waals surface area contributed by atoms with Crippen LogP contribution < -0.4 is 63.9 Å². The predicted octanol–water partition coefficient (Wildman–Crippen LogP) is -3.07. The number of esters is 1. The Labute approximate surface area is 227 Å². The van der Waals surface area contributed by atoms with Crippen LogP contribution in [0.4, 0.5) is 0 Å². The second-order valence-corrected chi connectivity index (χ2v) is 7.90. The summed E-state index contributed by atoms with van der Waals surface area (Å²) < 4.78 is 36.8. The molecular weight excluding hydrogens is 444 g/mol. The first-order valence-electron chi connectivity index (χ1n) is 9.01. The minimum absolute atomic E-state index is 0. The maximum absolute atomic E-state index is 12.3. The van der Waals surface area contributed by atoms with Gasteiger partial charge in [0.1, 0.15) is 4.90 Å². The average Bonchev–Trinajstić information content (AvgIpc) is 2.92. The Hall–Kier alpha value is -1.04. The molecule has 2 amide bonds. The van der Waals surface area contributed by atoms with Crippen LogP contribution in [-0.2, 0) is 14.9 Å². The number of imide groups is 1. The van der Waals surface area contributed by atoms with Crippen molar-refractivity contribution in [2.45, 2.75) is 30.6 Å². The molecule has 0 aliphatic carbocycles. The zero-order valence-electron chi connectivity index (χ0n) is 19.4. The second-order valence-electron chi connectivity index (χ2n) is 6.51. The van der Waals surface area contributed by atoms with E-state index in [-0.39, 0.29) is 92.5 Å². The molecule has 156 valence electrons. The Morgan fingerprint density at radius 2 is 1.45 bits per heavy atom. The van der Waals surface area contributed by atoms with Gasteiger partial charge in [-0.2, -0.15) is 8.42 Å². The third-order valence-electron chi connectivity index (χ3n) is 4.49. The first kappa shape index (κ1) is 28.0. The molecule has 1 aliphatic heterocycles. The number of carbonyl (C=O) groups excluding carboxylic acids is 3. The molecule has 1 N–H and O–H groups in total. The van der Waals surface area contributed by atoms with Crippen LogP contribution in [-0.4, -0.2) is 42.2 Å². The number of amides is 2. The third kappa shape index (κ3) is 6.97. The van der Waals surface area contributed by atoms with Crippen molar-refractivity contribution in [3.05, 3.63) is 59.7 Å². The van der Waals surface area contributed by atoms with Crippen LogP contribution in [0.15, 0.2) is 53.4 Å². The molecular formula is C20H21NNa2O7S. The SMILES string of the molecule is O=C(CCCCCN1C(=O)c2ccccc2C1=O)Oc1ccccc1S(=O)(=O)O.[H-].[H-].[Na+].[Na+]. The van der Waals surface area contributed by atoms with E-state index in [1.165, 1.54) is 23.1 Å². The van der Waals surface area contributed by atoms with Gasteiger partial charge in [0.25, 0.3) is 21.9 Å². The summed E-state index contributed by atoms with van der Waals surface area (Å²) in [7, 11) is -4.50. The molecule has 1 heterocycles. The summed E-state index contributed by atoms with van der Waals surface area (Å²) in [5.74, 6) is -1.49. The van der Waals surface area contributed by atoms with Gasteiger partial charge < -0.3 is 7.59 Å². The number of hydrogen-bond acceptors (Lipinski definition) is 6. The van der Waals surface area contributed by atoms with E-state index in [9.17, 15) is 22.8 Å². The van der Waals surface area contributed by atoms with Gasteiger partial charge in [0.2, 0.25) is 0 Å². The number of carbonyl (C=O) groups is 3. The molecule has 0 atom stereocenters. The van der Waals surface area contributed by atoms with Crippen LogP contribution in [0.1, 0.15) is 49.3 Å². The van der Waals surface area contributed by atoms with Crippen LogP contribution in [0.2, 0.25) is 0 Å². The Morgan fingerprint density at radius 3 is 2.03 bits per heavy atom. The quantitative estimate of drug-likeness (QED) is 0.110. The van der Waals surface area contributed by atoms with E-state index < -0.39 is 21.0 Å². The standard InChI is InChI=1S/C20H19NO7S.2Na.2H/c22-18(28-16-10-5-6-11-17(16)29(25,26)27)12-2-1-7-13-21-19(23)14-8-3-4-9-15(14)20(21)24;;;;/h3-6,8-11H,1-2,7,12-13H2,(H,25,26,27);;;;/q;2*+1;2*-1. The van der Waals surface area contributed by atoms with Gasteiger partial charge in [0, 0.05) is 13.0 Å². The summed E-state index contributed by atoms with van der Waals surface area (Å²) >= 11 is 0. The van der Waals surface area contributed by atoms with Gasteiger partial charge in [-0.25, -0.2) is 0 Å². The van der Waals surface area contributed by atoms with Crippen molar-refractivity contribution in [2.24, 2.45) is 0 Å². The molecule has 2 aromatic carbocycles. The van der Waals surface area contributed by atoms with Gasteiger partial charge >= 0.3 is 65.1 Å². The minimum atomic E-state index is -4.50. The van der Waals surface area contributed by atoms with Gasteiger partial charge in [-0.1, -0.05) is 30.7 Å². The van der Waals surface area contributed by atoms with E-state index in [1.54, 1.807) is 24.3 Å². The van der Waals surface area contributed by atoms with Gasteiger partial charge in [-0.3, -0.25) is 23.8 Å².